The second-order valence-electron chi connectivity index (χ2n) is 10.2. The number of imide groups is 1. The van der Waals surface area contributed by atoms with E-state index in [0.717, 1.165) is 49.9 Å². The summed E-state index contributed by atoms with van der Waals surface area (Å²) in [6, 6.07) is 7.53. The minimum absolute atomic E-state index is 0.0136. The molecule has 2 heterocycles. The van der Waals surface area contributed by atoms with Crippen LogP contribution in [0, 0.1) is 17.5 Å². The Morgan fingerprint density at radius 1 is 0.921 bits per heavy atom. The van der Waals surface area contributed by atoms with Crippen molar-refractivity contribution in [1.29, 1.82) is 0 Å². The Hall–Kier alpha value is -3.60. The Bertz CT molecular complexity index is 1220. The molecule has 0 spiro atoms. The van der Waals surface area contributed by atoms with E-state index in [0.29, 0.717) is 29.8 Å². The molecule has 1 saturated carbocycles. The largest absolute Gasteiger partial charge is 0.433 e. The van der Waals surface area contributed by atoms with Crippen molar-refractivity contribution in [3.63, 3.8) is 0 Å². The number of carbonyl (C=O) groups is 3. The summed E-state index contributed by atoms with van der Waals surface area (Å²) in [5, 5.41) is 2.83. The maximum atomic E-state index is 13.9. The number of ether oxygens (including phenoxy) is 1. The van der Waals surface area contributed by atoms with Crippen LogP contribution >= 0.6 is 0 Å². The predicted octanol–water partition coefficient (Wildman–Crippen LogP) is 3.96. The molecule has 2 aliphatic heterocycles. The smallest absolute Gasteiger partial charge is 0.419 e. The second kappa shape index (κ2) is 10.6. The molecule has 3 N–H and O–H groups in total. The standard InChI is InChI=1S/C27H29F3N4O4/c28-18-6-1-15(2-7-18)16-3-8-20(9-4-16)33-12-11-19(14-33)32-26(36)34-23(24(25(31)35)38-27(34)37)17-5-10-21(29)22(30)13-17/h1-2,5-7,10,13,16,19-20,23-24H,3-4,8-9,11-12,14H2,(H2,31,35)(H,32,36). The summed E-state index contributed by atoms with van der Waals surface area (Å²) in [6.07, 6.45) is 2.01. The maximum Gasteiger partial charge on any atom is 0.419 e. The lowest BCUT2D eigenvalue weighted by atomic mass is 9.81. The topological polar surface area (TPSA) is 105 Å². The van der Waals surface area contributed by atoms with Gasteiger partial charge in [-0.05, 0) is 73.4 Å². The molecule has 3 atom stereocenters. The summed E-state index contributed by atoms with van der Waals surface area (Å²) >= 11 is 0. The van der Waals surface area contributed by atoms with Crippen molar-refractivity contribution >= 4 is 18.0 Å². The van der Waals surface area contributed by atoms with E-state index in [9.17, 15) is 27.6 Å². The molecule has 8 nitrogen and oxygen atoms in total. The number of rotatable bonds is 5. The van der Waals surface area contributed by atoms with Crippen molar-refractivity contribution in [2.24, 2.45) is 5.73 Å². The Balaban J connectivity index is 1.21. The summed E-state index contributed by atoms with van der Waals surface area (Å²) in [7, 11) is 0. The molecule has 11 heteroatoms. The number of likely N-dealkylation sites (tertiary alicyclic amines) is 1. The zero-order valence-corrected chi connectivity index (χ0v) is 20.6. The van der Waals surface area contributed by atoms with Crippen molar-refractivity contribution in [3.05, 3.63) is 71.0 Å². The lowest BCUT2D eigenvalue weighted by Gasteiger charge is -2.35. The van der Waals surface area contributed by atoms with Gasteiger partial charge in [-0.15, -0.1) is 0 Å². The van der Waals surface area contributed by atoms with Gasteiger partial charge in [-0.1, -0.05) is 18.2 Å². The molecule has 2 aromatic carbocycles. The molecule has 2 aromatic rings. The molecular weight excluding hydrogens is 501 g/mol. The van der Waals surface area contributed by atoms with Crippen LogP contribution in [0.4, 0.5) is 22.8 Å². The van der Waals surface area contributed by atoms with Gasteiger partial charge in [0.1, 0.15) is 11.9 Å². The van der Waals surface area contributed by atoms with Crippen LogP contribution in [-0.2, 0) is 9.53 Å². The number of nitrogens with one attached hydrogen (secondary N) is 1. The first-order valence-electron chi connectivity index (χ1n) is 12.8. The molecule has 2 saturated heterocycles. The number of primary amides is 1. The average Bonchev–Trinajstić information content (AvgIpc) is 3.50. The summed E-state index contributed by atoms with van der Waals surface area (Å²) in [5.41, 5.74) is 6.54. The fourth-order valence-corrected chi connectivity index (χ4v) is 5.91. The highest BCUT2D eigenvalue weighted by atomic mass is 19.2. The van der Waals surface area contributed by atoms with Gasteiger partial charge in [0.25, 0.3) is 5.91 Å². The Morgan fingerprint density at radius 2 is 1.61 bits per heavy atom. The molecule has 1 aliphatic carbocycles. The van der Waals surface area contributed by atoms with Gasteiger partial charge < -0.3 is 15.8 Å². The molecule has 0 aromatic heterocycles. The van der Waals surface area contributed by atoms with E-state index in [-0.39, 0.29) is 17.4 Å². The maximum absolute atomic E-state index is 13.9. The number of cyclic esters (lactones) is 1. The number of carbonyl (C=O) groups excluding carboxylic acids is 3. The van der Waals surface area contributed by atoms with E-state index in [1.165, 1.54) is 18.2 Å². The van der Waals surface area contributed by atoms with Crippen molar-refractivity contribution in [1.82, 2.24) is 15.1 Å². The molecule has 3 fully saturated rings. The highest BCUT2D eigenvalue weighted by molar-refractivity contribution is 5.97. The van der Waals surface area contributed by atoms with E-state index in [1.54, 1.807) is 0 Å². The third kappa shape index (κ3) is 5.20. The second-order valence-corrected chi connectivity index (χ2v) is 10.2. The number of benzene rings is 2. The summed E-state index contributed by atoms with van der Waals surface area (Å²) in [6.45, 7) is 1.37. The number of hydrogen-bond acceptors (Lipinski definition) is 5. The molecule has 3 unspecified atom stereocenters. The molecule has 3 aliphatic rings. The van der Waals surface area contributed by atoms with Crippen LogP contribution in [0.15, 0.2) is 42.5 Å². The minimum atomic E-state index is -1.53. The summed E-state index contributed by atoms with van der Waals surface area (Å²) < 4.78 is 45.7. The van der Waals surface area contributed by atoms with Gasteiger partial charge in [0, 0.05) is 25.2 Å². The number of hydrogen-bond donors (Lipinski definition) is 2. The van der Waals surface area contributed by atoms with Gasteiger partial charge >= 0.3 is 12.1 Å². The van der Waals surface area contributed by atoms with Crippen LogP contribution in [-0.4, -0.2) is 59.1 Å². The lowest BCUT2D eigenvalue weighted by molar-refractivity contribution is -0.125. The van der Waals surface area contributed by atoms with Crippen LogP contribution < -0.4 is 11.1 Å². The normalized spacial score (nSPS) is 27.8. The third-order valence-electron chi connectivity index (χ3n) is 7.88. The summed E-state index contributed by atoms with van der Waals surface area (Å²) in [4.78, 5) is 40.7. The van der Waals surface area contributed by atoms with Crippen LogP contribution in [0.2, 0.25) is 0 Å². The quantitative estimate of drug-likeness (QED) is 0.609. The summed E-state index contributed by atoms with van der Waals surface area (Å²) in [5.74, 6) is -3.14. The molecular formula is C27H29F3N4O4. The first-order valence-corrected chi connectivity index (χ1v) is 12.8. The zero-order valence-electron chi connectivity index (χ0n) is 20.6. The molecule has 0 radical (unpaired) electrons. The minimum Gasteiger partial charge on any atom is -0.433 e. The molecule has 202 valence electrons. The van der Waals surface area contributed by atoms with Crippen LogP contribution in [0.3, 0.4) is 0 Å². The van der Waals surface area contributed by atoms with Crippen molar-refractivity contribution in [2.45, 2.75) is 62.3 Å². The molecule has 0 bridgehead atoms. The van der Waals surface area contributed by atoms with Crippen molar-refractivity contribution in [3.8, 4) is 0 Å². The van der Waals surface area contributed by atoms with Gasteiger partial charge in [0.15, 0.2) is 11.6 Å². The Labute approximate surface area is 217 Å². The highest BCUT2D eigenvalue weighted by Gasteiger charge is 2.50. The SMILES string of the molecule is NC(=O)C1OC(=O)N(C(=O)NC2CCN(C3CCC(c4ccc(F)cc4)CC3)C2)C1c1ccc(F)c(F)c1. The monoisotopic (exact) mass is 530 g/mol. The van der Waals surface area contributed by atoms with Gasteiger partial charge in [0.2, 0.25) is 6.10 Å². The average molecular weight is 531 g/mol. The van der Waals surface area contributed by atoms with Gasteiger partial charge in [-0.25, -0.2) is 27.7 Å². The van der Waals surface area contributed by atoms with Crippen LogP contribution in [0.5, 0.6) is 0 Å². The van der Waals surface area contributed by atoms with Crippen molar-refractivity contribution in [2.75, 3.05) is 13.1 Å². The zero-order chi connectivity index (χ0) is 27.0. The number of urea groups is 1. The van der Waals surface area contributed by atoms with Gasteiger partial charge in [0.05, 0.1) is 0 Å². The number of nitrogens with two attached hydrogens (primary N) is 1. The van der Waals surface area contributed by atoms with E-state index in [4.69, 9.17) is 10.5 Å². The van der Waals surface area contributed by atoms with E-state index in [2.05, 4.69) is 10.2 Å². The first-order chi connectivity index (χ1) is 18.2. The van der Waals surface area contributed by atoms with Crippen LogP contribution in [0.1, 0.15) is 55.2 Å². The van der Waals surface area contributed by atoms with Gasteiger partial charge in [-0.2, -0.15) is 0 Å². The molecule has 38 heavy (non-hydrogen) atoms. The van der Waals surface area contributed by atoms with E-state index < -0.39 is 41.8 Å². The van der Waals surface area contributed by atoms with Crippen molar-refractivity contribution < 1.29 is 32.3 Å². The van der Waals surface area contributed by atoms with E-state index >= 15 is 0 Å². The number of amides is 4. The van der Waals surface area contributed by atoms with Gasteiger partial charge in [-0.3, -0.25) is 9.69 Å². The number of nitrogens with zero attached hydrogens (tertiary/aromatic N) is 2. The molecule has 5 rings (SSSR count). The third-order valence-corrected chi connectivity index (χ3v) is 7.88. The fraction of sp³-hybridized carbons (Fsp3) is 0.444. The number of halogens is 3. The van der Waals surface area contributed by atoms with Crippen LogP contribution in [0.25, 0.3) is 0 Å². The molecule has 4 amide bonds. The van der Waals surface area contributed by atoms with E-state index in [1.807, 2.05) is 12.1 Å². The fourth-order valence-electron chi connectivity index (χ4n) is 5.91. The Morgan fingerprint density at radius 3 is 2.26 bits per heavy atom. The first kappa shape index (κ1) is 26.0. The lowest BCUT2D eigenvalue weighted by Crippen LogP contribution is -2.48. The predicted molar refractivity (Wildman–Crippen MR) is 130 cm³/mol. The highest BCUT2D eigenvalue weighted by Crippen LogP contribution is 2.37. The Kier molecular flexibility index (Phi) is 7.29.